The van der Waals surface area contributed by atoms with Crippen LogP contribution in [0.2, 0.25) is 0 Å². The van der Waals surface area contributed by atoms with Crippen LogP contribution in [0.25, 0.3) is 0 Å². The molecule has 1 unspecified atom stereocenters. The topological polar surface area (TPSA) is 83.5 Å². The minimum Gasteiger partial charge on any atom is -0.481 e. The highest BCUT2D eigenvalue weighted by Gasteiger charge is 2.28. The SMILES string of the molecule is CCC(CN)(CO)CC(=O)O. The summed E-state index contributed by atoms with van der Waals surface area (Å²) in [6, 6.07) is 0. The zero-order valence-electron chi connectivity index (χ0n) is 6.71. The monoisotopic (exact) mass is 161 g/mol. The molecule has 66 valence electrons. The van der Waals surface area contributed by atoms with Crippen molar-refractivity contribution in [3.8, 4) is 0 Å². The Kier molecular flexibility index (Phi) is 4.07. The molecule has 0 radical (unpaired) electrons. The number of hydrogen-bond donors (Lipinski definition) is 3. The second-order valence-electron chi connectivity index (χ2n) is 2.79. The molecule has 0 aromatic carbocycles. The predicted molar refractivity (Wildman–Crippen MR) is 41.1 cm³/mol. The molecule has 0 rings (SSSR count). The fourth-order valence-electron chi connectivity index (χ4n) is 0.895. The minimum atomic E-state index is -0.911. The first-order chi connectivity index (χ1) is 5.10. The first-order valence-corrected chi connectivity index (χ1v) is 3.63. The van der Waals surface area contributed by atoms with E-state index in [0.717, 1.165) is 0 Å². The highest BCUT2D eigenvalue weighted by Crippen LogP contribution is 2.23. The van der Waals surface area contributed by atoms with E-state index in [1.54, 1.807) is 0 Å². The van der Waals surface area contributed by atoms with Gasteiger partial charge in [-0.2, -0.15) is 0 Å². The van der Waals surface area contributed by atoms with Crippen LogP contribution in [0.15, 0.2) is 0 Å². The van der Waals surface area contributed by atoms with Crippen molar-refractivity contribution in [2.45, 2.75) is 19.8 Å². The van der Waals surface area contributed by atoms with Crippen molar-refractivity contribution in [1.29, 1.82) is 0 Å². The average molecular weight is 161 g/mol. The first kappa shape index (κ1) is 10.4. The van der Waals surface area contributed by atoms with Gasteiger partial charge in [-0.3, -0.25) is 4.79 Å². The van der Waals surface area contributed by atoms with Gasteiger partial charge in [0.05, 0.1) is 13.0 Å². The molecular weight excluding hydrogens is 146 g/mol. The molecule has 0 amide bonds. The van der Waals surface area contributed by atoms with Crippen LogP contribution >= 0.6 is 0 Å². The fraction of sp³-hybridized carbons (Fsp3) is 0.857. The van der Waals surface area contributed by atoms with Crippen LogP contribution in [-0.2, 0) is 4.79 Å². The van der Waals surface area contributed by atoms with Gasteiger partial charge in [-0.05, 0) is 6.42 Å². The summed E-state index contributed by atoms with van der Waals surface area (Å²) in [5.41, 5.74) is 4.73. The van der Waals surface area contributed by atoms with E-state index in [2.05, 4.69) is 0 Å². The zero-order chi connectivity index (χ0) is 8.91. The first-order valence-electron chi connectivity index (χ1n) is 3.63. The van der Waals surface area contributed by atoms with Crippen LogP contribution in [0, 0.1) is 5.41 Å². The molecule has 0 aliphatic heterocycles. The Morgan fingerprint density at radius 2 is 2.18 bits per heavy atom. The van der Waals surface area contributed by atoms with Gasteiger partial charge in [0.15, 0.2) is 0 Å². The third-order valence-electron chi connectivity index (χ3n) is 2.04. The molecule has 4 N–H and O–H groups in total. The standard InChI is InChI=1S/C7H15NO3/c1-2-7(4-8,5-9)3-6(10)11/h9H,2-5,8H2,1H3,(H,10,11). The molecule has 0 aliphatic rings. The Morgan fingerprint density at radius 3 is 2.27 bits per heavy atom. The van der Waals surface area contributed by atoms with Gasteiger partial charge in [-0.15, -0.1) is 0 Å². The quantitative estimate of drug-likeness (QED) is 0.521. The Balaban J connectivity index is 4.16. The number of nitrogens with two attached hydrogens (primary N) is 1. The van der Waals surface area contributed by atoms with E-state index >= 15 is 0 Å². The number of aliphatic hydroxyl groups is 1. The number of carboxylic acids is 1. The molecule has 11 heavy (non-hydrogen) atoms. The van der Waals surface area contributed by atoms with Crippen molar-refractivity contribution in [2.24, 2.45) is 11.1 Å². The van der Waals surface area contributed by atoms with E-state index in [4.69, 9.17) is 15.9 Å². The molecule has 4 nitrogen and oxygen atoms in total. The normalized spacial score (nSPS) is 15.9. The van der Waals surface area contributed by atoms with Gasteiger partial charge in [0, 0.05) is 12.0 Å². The molecule has 0 aromatic heterocycles. The van der Waals surface area contributed by atoms with Crippen molar-refractivity contribution in [3.63, 3.8) is 0 Å². The summed E-state index contributed by atoms with van der Waals surface area (Å²) in [6.07, 6.45) is 0.531. The number of rotatable bonds is 5. The van der Waals surface area contributed by atoms with Gasteiger partial charge in [-0.1, -0.05) is 6.92 Å². The van der Waals surface area contributed by atoms with Gasteiger partial charge >= 0.3 is 5.97 Å². The summed E-state index contributed by atoms with van der Waals surface area (Å²) >= 11 is 0. The van der Waals surface area contributed by atoms with Crippen molar-refractivity contribution in [3.05, 3.63) is 0 Å². The molecule has 4 heteroatoms. The van der Waals surface area contributed by atoms with Gasteiger partial charge in [0.25, 0.3) is 0 Å². The summed E-state index contributed by atoms with van der Waals surface area (Å²) in [7, 11) is 0. The lowest BCUT2D eigenvalue weighted by atomic mass is 9.83. The van der Waals surface area contributed by atoms with Gasteiger partial charge in [0.2, 0.25) is 0 Å². The molecule has 0 spiro atoms. The maximum atomic E-state index is 10.3. The van der Waals surface area contributed by atoms with Crippen molar-refractivity contribution in [1.82, 2.24) is 0 Å². The maximum absolute atomic E-state index is 10.3. The molecule has 0 aliphatic carbocycles. The van der Waals surface area contributed by atoms with Crippen LogP contribution in [0.4, 0.5) is 0 Å². The van der Waals surface area contributed by atoms with Crippen molar-refractivity contribution < 1.29 is 15.0 Å². The number of aliphatic hydroxyl groups excluding tert-OH is 1. The number of hydrogen-bond acceptors (Lipinski definition) is 3. The predicted octanol–water partition coefficient (Wildman–Crippen LogP) is -0.192. The van der Waals surface area contributed by atoms with Gasteiger partial charge < -0.3 is 15.9 Å². The second-order valence-corrected chi connectivity index (χ2v) is 2.79. The van der Waals surface area contributed by atoms with Crippen LogP contribution < -0.4 is 5.73 Å². The second kappa shape index (κ2) is 4.31. The van der Waals surface area contributed by atoms with E-state index in [0.29, 0.717) is 6.42 Å². The maximum Gasteiger partial charge on any atom is 0.304 e. The largest absolute Gasteiger partial charge is 0.481 e. The van der Waals surface area contributed by atoms with E-state index in [-0.39, 0.29) is 19.6 Å². The van der Waals surface area contributed by atoms with E-state index < -0.39 is 11.4 Å². The van der Waals surface area contributed by atoms with E-state index in [1.165, 1.54) is 0 Å². The number of aliphatic carboxylic acids is 1. The summed E-state index contributed by atoms with van der Waals surface area (Å²) < 4.78 is 0. The molecule has 0 saturated heterocycles. The molecule has 1 atom stereocenters. The third-order valence-corrected chi connectivity index (χ3v) is 2.04. The molecule has 0 fully saturated rings. The molecular formula is C7H15NO3. The summed E-state index contributed by atoms with van der Waals surface area (Å²) in [6.45, 7) is 1.88. The highest BCUT2D eigenvalue weighted by atomic mass is 16.4. The molecule has 0 bridgehead atoms. The lowest BCUT2D eigenvalue weighted by Gasteiger charge is -2.26. The molecule has 0 saturated carbocycles. The van der Waals surface area contributed by atoms with Crippen LogP contribution in [0.3, 0.4) is 0 Å². The van der Waals surface area contributed by atoms with E-state index in [9.17, 15) is 4.79 Å². The van der Waals surface area contributed by atoms with Crippen LogP contribution in [-0.4, -0.2) is 29.3 Å². The Bertz CT molecular complexity index is 123. The minimum absolute atomic E-state index is 0.0590. The smallest absolute Gasteiger partial charge is 0.304 e. The Labute approximate surface area is 66.0 Å². The number of carbonyl (C=O) groups is 1. The summed E-state index contributed by atoms with van der Waals surface area (Å²) in [4.78, 5) is 10.3. The van der Waals surface area contributed by atoms with Crippen LogP contribution in [0.1, 0.15) is 19.8 Å². The molecule has 0 heterocycles. The van der Waals surface area contributed by atoms with Gasteiger partial charge in [-0.25, -0.2) is 0 Å². The fourth-order valence-corrected chi connectivity index (χ4v) is 0.895. The average Bonchev–Trinajstić information content (AvgIpc) is 2.00. The number of carboxylic acid groups (broad SMARTS) is 1. The highest BCUT2D eigenvalue weighted by molar-refractivity contribution is 5.67. The lowest BCUT2D eigenvalue weighted by Crippen LogP contribution is -2.35. The summed E-state index contributed by atoms with van der Waals surface area (Å²) in [5, 5.41) is 17.4. The van der Waals surface area contributed by atoms with Crippen molar-refractivity contribution >= 4 is 5.97 Å². The Hall–Kier alpha value is -0.610. The summed E-state index contributed by atoms with van der Waals surface area (Å²) in [5.74, 6) is -0.911. The van der Waals surface area contributed by atoms with Gasteiger partial charge in [0.1, 0.15) is 0 Å². The van der Waals surface area contributed by atoms with E-state index in [1.807, 2.05) is 6.92 Å². The third kappa shape index (κ3) is 2.86. The molecule has 0 aromatic rings. The zero-order valence-corrected chi connectivity index (χ0v) is 6.71. The Morgan fingerprint density at radius 1 is 1.64 bits per heavy atom. The van der Waals surface area contributed by atoms with Crippen molar-refractivity contribution in [2.75, 3.05) is 13.2 Å². The van der Waals surface area contributed by atoms with Crippen LogP contribution in [0.5, 0.6) is 0 Å². The lowest BCUT2D eigenvalue weighted by molar-refractivity contribution is -0.140.